The molecule has 0 amide bonds. The number of nitrogens with two attached hydrogens (primary N) is 1. The van der Waals surface area contributed by atoms with Gasteiger partial charge in [0.1, 0.15) is 5.82 Å². The van der Waals surface area contributed by atoms with Gasteiger partial charge in [-0.15, -0.1) is 0 Å². The Kier molecular flexibility index (Phi) is 3.82. The van der Waals surface area contributed by atoms with Gasteiger partial charge in [-0.1, -0.05) is 6.07 Å². The highest BCUT2D eigenvalue weighted by atomic mass is 32.2. The lowest BCUT2D eigenvalue weighted by Crippen LogP contribution is -2.15. The van der Waals surface area contributed by atoms with E-state index in [1.165, 1.54) is 6.92 Å². The summed E-state index contributed by atoms with van der Waals surface area (Å²) < 4.78 is 66.0. The van der Waals surface area contributed by atoms with Gasteiger partial charge in [-0.3, -0.25) is 4.72 Å². The van der Waals surface area contributed by atoms with Gasteiger partial charge in [0.2, 0.25) is 0 Å². The van der Waals surface area contributed by atoms with Gasteiger partial charge in [-0.25, -0.2) is 21.6 Å². The molecule has 2 aromatic rings. The minimum Gasteiger partial charge on any atom is -0.398 e. The Morgan fingerprint density at radius 3 is 2.38 bits per heavy atom. The minimum absolute atomic E-state index is 0.0601. The lowest BCUT2D eigenvalue weighted by Gasteiger charge is -2.11. The van der Waals surface area contributed by atoms with E-state index in [4.69, 9.17) is 5.73 Å². The predicted molar refractivity (Wildman–Crippen MR) is 72.7 cm³/mol. The molecule has 0 fully saturated rings. The molecule has 0 unspecified atom stereocenters. The highest BCUT2D eigenvalue weighted by Crippen LogP contribution is 2.24. The van der Waals surface area contributed by atoms with Gasteiger partial charge < -0.3 is 5.73 Å². The first-order valence-corrected chi connectivity index (χ1v) is 7.23. The van der Waals surface area contributed by atoms with Gasteiger partial charge in [0.15, 0.2) is 11.6 Å². The summed E-state index contributed by atoms with van der Waals surface area (Å²) in [7, 11) is -4.29. The summed E-state index contributed by atoms with van der Waals surface area (Å²) in [5.74, 6) is -3.36. The number of halogens is 3. The minimum atomic E-state index is -4.29. The highest BCUT2D eigenvalue weighted by molar-refractivity contribution is 7.92. The third kappa shape index (κ3) is 2.94. The Morgan fingerprint density at radius 1 is 1.10 bits per heavy atom. The Labute approximate surface area is 119 Å². The molecular formula is C13H11F3N2O2S. The number of hydrogen-bond donors (Lipinski definition) is 2. The van der Waals surface area contributed by atoms with Crippen LogP contribution in [0.3, 0.4) is 0 Å². The molecule has 0 aliphatic carbocycles. The van der Waals surface area contributed by atoms with E-state index in [1.807, 2.05) is 4.72 Å². The summed E-state index contributed by atoms with van der Waals surface area (Å²) in [4.78, 5) is -0.480. The van der Waals surface area contributed by atoms with Crippen LogP contribution in [0.1, 0.15) is 5.56 Å². The monoisotopic (exact) mass is 316 g/mol. The van der Waals surface area contributed by atoms with Crippen LogP contribution in [0.15, 0.2) is 35.2 Å². The van der Waals surface area contributed by atoms with Gasteiger partial charge in [0.05, 0.1) is 10.6 Å². The quantitative estimate of drug-likeness (QED) is 0.855. The van der Waals surface area contributed by atoms with Crippen LogP contribution in [0.4, 0.5) is 24.5 Å². The Hall–Kier alpha value is -2.22. The molecule has 2 aromatic carbocycles. The van der Waals surface area contributed by atoms with Crippen LogP contribution in [0.5, 0.6) is 0 Å². The normalized spacial score (nSPS) is 11.4. The Bertz CT molecular complexity index is 784. The molecule has 0 atom stereocenters. The van der Waals surface area contributed by atoms with E-state index in [2.05, 4.69) is 0 Å². The lowest BCUT2D eigenvalue weighted by atomic mass is 10.2. The molecule has 0 aliphatic rings. The van der Waals surface area contributed by atoms with Crippen LogP contribution in [-0.4, -0.2) is 8.42 Å². The molecule has 0 aromatic heterocycles. The fraction of sp³-hybridized carbons (Fsp3) is 0.0769. The summed E-state index contributed by atoms with van der Waals surface area (Å²) in [6.45, 7) is 1.39. The molecule has 8 heteroatoms. The van der Waals surface area contributed by atoms with E-state index in [0.717, 1.165) is 30.3 Å². The van der Waals surface area contributed by atoms with Crippen molar-refractivity contribution in [1.82, 2.24) is 0 Å². The van der Waals surface area contributed by atoms with Crippen molar-refractivity contribution in [2.45, 2.75) is 11.8 Å². The average molecular weight is 316 g/mol. The second kappa shape index (κ2) is 5.28. The molecule has 0 saturated carbocycles. The standard InChI is InChI=1S/C13H11F3N2O2S/c1-7-10(15)5-8(6-11(7)17)21(19,20)18-12-4-2-3-9(14)13(12)16/h2-6,18H,17H2,1H3. The van der Waals surface area contributed by atoms with Crippen LogP contribution in [-0.2, 0) is 10.0 Å². The summed E-state index contributed by atoms with van der Waals surface area (Å²) in [6, 6.07) is 4.82. The zero-order chi connectivity index (χ0) is 15.8. The van der Waals surface area contributed by atoms with Crippen LogP contribution in [0.2, 0.25) is 0 Å². The number of sulfonamides is 1. The zero-order valence-corrected chi connectivity index (χ0v) is 11.6. The Balaban J connectivity index is 2.46. The average Bonchev–Trinajstić information content (AvgIpc) is 2.40. The first kappa shape index (κ1) is 15.2. The van der Waals surface area contributed by atoms with Crippen molar-refractivity contribution in [3.05, 3.63) is 53.3 Å². The molecule has 2 rings (SSSR count). The van der Waals surface area contributed by atoms with Crippen molar-refractivity contribution in [2.75, 3.05) is 10.5 Å². The summed E-state index contributed by atoms with van der Waals surface area (Å²) in [5, 5.41) is 0. The fourth-order valence-corrected chi connectivity index (χ4v) is 2.72. The van der Waals surface area contributed by atoms with Crippen molar-refractivity contribution in [3.8, 4) is 0 Å². The van der Waals surface area contributed by atoms with Crippen molar-refractivity contribution < 1.29 is 21.6 Å². The van der Waals surface area contributed by atoms with Gasteiger partial charge in [-0.2, -0.15) is 0 Å². The number of nitrogens with one attached hydrogen (secondary N) is 1. The summed E-state index contributed by atoms with van der Waals surface area (Å²) >= 11 is 0. The first-order chi connectivity index (χ1) is 9.72. The van der Waals surface area contributed by atoms with E-state index in [-0.39, 0.29) is 11.3 Å². The molecular weight excluding hydrogens is 305 g/mol. The van der Waals surface area contributed by atoms with E-state index in [1.54, 1.807) is 0 Å². The van der Waals surface area contributed by atoms with E-state index < -0.39 is 38.1 Å². The molecule has 0 saturated heterocycles. The number of nitrogen functional groups attached to an aromatic ring is 1. The molecule has 4 nitrogen and oxygen atoms in total. The van der Waals surface area contributed by atoms with Gasteiger partial charge >= 0.3 is 0 Å². The van der Waals surface area contributed by atoms with Crippen LogP contribution in [0, 0.1) is 24.4 Å². The summed E-state index contributed by atoms with van der Waals surface area (Å²) in [6.07, 6.45) is 0. The van der Waals surface area contributed by atoms with Crippen LogP contribution < -0.4 is 10.5 Å². The molecule has 0 heterocycles. The molecule has 0 spiro atoms. The SMILES string of the molecule is Cc1c(N)cc(S(=O)(=O)Nc2cccc(F)c2F)cc1F. The number of anilines is 2. The maximum Gasteiger partial charge on any atom is 0.262 e. The van der Waals surface area contributed by atoms with Crippen molar-refractivity contribution in [2.24, 2.45) is 0 Å². The van der Waals surface area contributed by atoms with Crippen molar-refractivity contribution >= 4 is 21.4 Å². The molecule has 0 aliphatic heterocycles. The molecule has 3 N–H and O–H groups in total. The van der Waals surface area contributed by atoms with Crippen molar-refractivity contribution in [3.63, 3.8) is 0 Å². The molecule has 112 valence electrons. The second-order valence-corrected chi connectivity index (χ2v) is 6.01. The number of hydrogen-bond acceptors (Lipinski definition) is 3. The maximum absolute atomic E-state index is 13.5. The lowest BCUT2D eigenvalue weighted by molar-refractivity contribution is 0.511. The fourth-order valence-electron chi connectivity index (χ4n) is 1.62. The largest absolute Gasteiger partial charge is 0.398 e. The van der Waals surface area contributed by atoms with E-state index in [9.17, 15) is 21.6 Å². The van der Waals surface area contributed by atoms with Gasteiger partial charge in [0.25, 0.3) is 10.0 Å². The number of rotatable bonds is 3. The zero-order valence-electron chi connectivity index (χ0n) is 10.8. The molecule has 0 radical (unpaired) electrons. The topological polar surface area (TPSA) is 72.2 Å². The van der Waals surface area contributed by atoms with E-state index in [0.29, 0.717) is 0 Å². The predicted octanol–water partition coefficient (Wildman–Crippen LogP) is 2.80. The Morgan fingerprint density at radius 2 is 1.76 bits per heavy atom. The smallest absolute Gasteiger partial charge is 0.262 e. The highest BCUT2D eigenvalue weighted by Gasteiger charge is 2.20. The van der Waals surface area contributed by atoms with Crippen molar-refractivity contribution in [1.29, 1.82) is 0 Å². The molecule has 0 bridgehead atoms. The maximum atomic E-state index is 13.5. The second-order valence-electron chi connectivity index (χ2n) is 4.33. The van der Waals surface area contributed by atoms with Crippen LogP contribution >= 0.6 is 0 Å². The number of benzene rings is 2. The summed E-state index contributed by atoms with van der Waals surface area (Å²) in [5.41, 5.74) is 4.97. The first-order valence-electron chi connectivity index (χ1n) is 5.75. The van der Waals surface area contributed by atoms with Gasteiger partial charge in [0, 0.05) is 11.3 Å². The third-order valence-corrected chi connectivity index (χ3v) is 4.21. The van der Waals surface area contributed by atoms with Crippen LogP contribution in [0.25, 0.3) is 0 Å². The third-order valence-electron chi connectivity index (χ3n) is 2.86. The van der Waals surface area contributed by atoms with Gasteiger partial charge in [-0.05, 0) is 31.2 Å². The van der Waals surface area contributed by atoms with E-state index >= 15 is 0 Å². The molecule has 21 heavy (non-hydrogen) atoms.